The topological polar surface area (TPSA) is 78.4 Å². The van der Waals surface area contributed by atoms with E-state index in [1.165, 1.54) is 4.57 Å². The summed E-state index contributed by atoms with van der Waals surface area (Å²) in [6.07, 6.45) is 6.08. The number of hydrogen-bond donors (Lipinski definition) is 1. The van der Waals surface area contributed by atoms with Crippen molar-refractivity contribution in [1.29, 1.82) is 5.26 Å². The third-order valence-electron chi connectivity index (χ3n) is 6.18. The third kappa shape index (κ3) is 3.39. The van der Waals surface area contributed by atoms with Crippen LogP contribution in [-0.2, 0) is 0 Å². The van der Waals surface area contributed by atoms with E-state index in [1.807, 2.05) is 50.2 Å². The van der Waals surface area contributed by atoms with Gasteiger partial charge in [-0.15, -0.1) is 0 Å². The highest BCUT2D eigenvalue weighted by atomic mass is 16.3. The molecule has 0 bridgehead atoms. The van der Waals surface area contributed by atoms with E-state index < -0.39 is 5.54 Å². The van der Waals surface area contributed by atoms with Gasteiger partial charge < -0.3 is 5.11 Å². The van der Waals surface area contributed by atoms with Crippen molar-refractivity contribution in [1.82, 2.24) is 4.57 Å². The van der Waals surface area contributed by atoms with E-state index in [1.54, 1.807) is 12.3 Å². The molecule has 2 aromatic carbocycles. The molecule has 1 aliphatic rings. The first-order valence-corrected chi connectivity index (χ1v) is 10.4. The summed E-state index contributed by atoms with van der Waals surface area (Å²) in [6.45, 7) is 3.98. The molecule has 1 saturated carbocycles. The predicted octanol–water partition coefficient (Wildman–Crippen LogP) is 4.96. The zero-order valence-electron chi connectivity index (χ0n) is 17.4. The van der Waals surface area contributed by atoms with E-state index in [4.69, 9.17) is 0 Å². The number of aromatic nitrogens is 1. The van der Waals surface area contributed by atoms with Crippen LogP contribution in [0.4, 0.5) is 0 Å². The Labute approximate surface area is 175 Å². The van der Waals surface area contributed by atoms with Crippen LogP contribution in [0.3, 0.4) is 0 Å². The quantitative estimate of drug-likeness (QED) is 0.632. The maximum absolute atomic E-state index is 13.2. The number of rotatable bonds is 3. The summed E-state index contributed by atoms with van der Waals surface area (Å²) >= 11 is 0. The number of aryl methyl sites for hydroxylation is 2. The second kappa shape index (κ2) is 7.79. The molecule has 3 aromatic rings. The summed E-state index contributed by atoms with van der Waals surface area (Å²) in [5, 5.41) is 22.0. The Hall–Kier alpha value is -3.39. The van der Waals surface area contributed by atoms with Gasteiger partial charge in [-0.05, 0) is 68.9 Å². The van der Waals surface area contributed by atoms with Gasteiger partial charge in [0.1, 0.15) is 5.54 Å². The molecule has 1 heterocycles. The molecule has 1 N–H and O–H groups in total. The van der Waals surface area contributed by atoms with Crippen LogP contribution < -0.4 is 5.56 Å². The van der Waals surface area contributed by atoms with Crippen molar-refractivity contribution in [3.05, 3.63) is 69.5 Å². The second-order valence-corrected chi connectivity index (χ2v) is 8.15. The van der Waals surface area contributed by atoms with E-state index >= 15 is 0 Å². The zero-order chi connectivity index (χ0) is 21.3. The Morgan fingerprint density at radius 3 is 2.43 bits per heavy atom. The van der Waals surface area contributed by atoms with Gasteiger partial charge in [0.15, 0.2) is 0 Å². The van der Waals surface area contributed by atoms with Gasteiger partial charge >= 0.3 is 0 Å². The van der Waals surface area contributed by atoms with Crippen LogP contribution in [0.2, 0.25) is 0 Å². The van der Waals surface area contributed by atoms with E-state index in [0.717, 1.165) is 43.2 Å². The summed E-state index contributed by atoms with van der Waals surface area (Å²) in [4.78, 5) is 17.9. The summed E-state index contributed by atoms with van der Waals surface area (Å²) in [6, 6.07) is 15.2. The van der Waals surface area contributed by atoms with Gasteiger partial charge in [-0.2, -0.15) is 5.26 Å². The first-order chi connectivity index (χ1) is 14.5. The van der Waals surface area contributed by atoms with Gasteiger partial charge in [0, 0.05) is 17.0 Å². The van der Waals surface area contributed by atoms with Crippen LogP contribution in [0.1, 0.15) is 48.8 Å². The molecule has 4 rings (SSSR count). The van der Waals surface area contributed by atoms with Crippen molar-refractivity contribution >= 4 is 17.0 Å². The third-order valence-corrected chi connectivity index (χ3v) is 6.18. The lowest BCUT2D eigenvalue weighted by Gasteiger charge is -2.26. The van der Waals surface area contributed by atoms with Crippen LogP contribution in [0, 0.1) is 25.2 Å². The number of aromatic hydroxyl groups is 1. The smallest absolute Gasteiger partial charge is 0.265 e. The van der Waals surface area contributed by atoms with E-state index in [0.29, 0.717) is 22.0 Å². The Balaban J connectivity index is 1.95. The molecule has 5 nitrogen and oxygen atoms in total. The van der Waals surface area contributed by atoms with E-state index in [2.05, 4.69) is 11.1 Å². The molecule has 0 amide bonds. The van der Waals surface area contributed by atoms with Crippen molar-refractivity contribution < 1.29 is 5.11 Å². The minimum Gasteiger partial charge on any atom is -0.494 e. The highest BCUT2D eigenvalue weighted by Crippen LogP contribution is 2.32. The standard InChI is InChI=1S/C25H25N3O2/c1-17-10-11-19(14-18(17)2)28-23(29)21-9-5-4-8-20(21)22(24(28)30)15-27-25(16-26)12-6-3-7-13-25/h4-5,8-11,14-15,30H,3,6-7,12-13H2,1-2H3. The SMILES string of the molecule is Cc1ccc(-n2c(O)c(C=NC3(C#N)CCCCC3)c3ccccc3c2=O)cc1C. The zero-order valence-corrected chi connectivity index (χ0v) is 17.4. The maximum Gasteiger partial charge on any atom is 0.265 e. The highest BCUT2D eigenvalue weighted by Gasteiger charge is 2.31. The molecule has 5 heteroatoms. The summed E-state index contributed by atoms with van der Waals surface area (Å²) < 4.78 is 1.33. The lowest BCUT2D eigenvalue weighted by atomic mass is 9.83. The fraction of sp³-hybridized carbons (Fsp3) is 0.320. The first kappa shape index (κ1) is 19.9. The van der Waals surface area contributed by atoms with Crippen LogP contribution in [0.5, 0.6) is 5.88 Å². The Kier molecular flexibility index (Phi) is 5.17. The normalized spacial score (nSPS) is 16.0. The number of hydrogen-bond acceptors (Lipinski definition) is 4. The lowest BCUT2D eigenvalue weighted by molar-refractivity contribution is 0.370. The average Bonchev–Trinajstić information content (AvgIpc) is 2.77. The Bertz CT molecular complexity index is 1240. The van der Waals surface area contributed by atoms with Crippen molar-refractivity contribution in [3.8, 4) is 17.6 Å². The molecule has 30 heavy (non-hydrogen) atoms. The minimum atomic E-state index is -0.757. The molecule has 1 fully saturated rings. The molecular weight excluding hydrogens is 374 g/mol. The molecule has 152 valence electrons. The number of pyridine rings is 1. The van der Waals surface area contributed by atoms with Crippen LogP contribution in [0.15, 0.2) is 52.3 Å². The lowest BCUT2D eigenvalue weighted by Crippen LogP contribution is -2.27. The molecule has 0 radical (unpaired) electrons. The Morgan fingerprint density at radius 2 is 1.77 bits per heavy atom. The van der Waals surface area contributed by atoms with Crippen molar-refractivity contribution in [3.63, 3.8) is 0 Å². The van der Waals surface area contributed by atoms with Crippen molar-refractivity contribution in [2.45, 2.75) is 51.5 Å². The van der Waals surface area contributed by atoms with Crippen molar-refractivity contribution in [2.24, 2.45) is 4.99 Å². The van der Waals surface area contributed by atoms with Gasteiger partial charge in [0.25, 0.3) is 5.56 Å². The number of fused-ring (bicyclic) bond motifs is 1. The van der Waals surface area contributed by atoms with Gasteiger partial charge in [0.05, 0.1) is 17.3 Å². The molecule has 0 unspecified atom stereocenters. The second-order valence-electron chi connectivity index (χ2n) is 8.15. The number of nitriles is 1. The van der Waals surface area contributed by atoms with Gasteiger partial charge in [-0.3, -0.25) is 9.79 Å². The van der Waals surface area contributed by atoms with Crippen LogP contribution in [-0.4, -0.2) is 21.4 Å². The molecule has 0 atom stereocenters. The molecule has 1 aromatic heterocycles. The summed E-state index contributed by atoms with van der Waals surface area (Å²) in [5.41, 5.74) is 2.18. The van der Waals surface area contributed by atoms with Gasteiger partial charge in [-0.1, -0.05) is 30.7 Å². The molecule has 0 saturated heterocycles. The first-order valence-electron chi connectivity index (χ1n) is 10.4. The maximum atomic E-state index is 13.2. The van der Waals surface area contributed by atoms with Gasteiger partial charge in [0.2, 0.25) is 5.88 Å². The summed E-state index contributed by atoms with van der Waals surface area (Å²) in [5.74, 6) is -0.158. The number of aliphatic imine (C=N–C) groups is 1. The molecule has 0 spiro atoms. The van der Waals surface area contributed by atoms with Gasteiger partial charge in [-0.25, -0.2) is 4.57 Å². The summed E-state index contributed by atoms with van der Waals surface area (Å²) in [7, 11) is 0. The molecular formula is C25H25N3O2. The average molecular weight is 399 g/mol. The fourth-order valence-electron chi connectivity index (χ4n) is 4.19. The number of benzene rings is 2. The minimum absolute atomic E-state index is 0.158. The van der Waals surface area contributed by atoms with Crippen LogP contribution >= 0.6 is 0 Å². The fourth-order valence-corrected chi connectivity index (χ4v) is 4.19. The van der Waals surface area contributed by atoms with E-state index in [9.17, 15) is 15.2 Å². The highest BCUT2D eigenvalue weighted by molar-refractivity contribution is 6.01. The monoisotopic (exact) mass is 399 g/mol. The largest absolute Gasteiger partial charge is 0.494 e. The number of nitrogens with zero attached hydrogens (tertiary/aromatic N) is 3. The predicted molar refractivity (Wildman–Crippen MR) is 120 cm³/mol. The Morgan fingerprint density at radius 1 is 1.07 bits per heavy atom. The van der Waals surface area contributed by atoms with E-state index in [-0.39, 0.29) is 11.4 Å². The molecule has 1 aliphatic carbocycles. The van der Waals surface area contributed by atoms with Crippen molar-refractivity contribution in [2.75, 3.05) is 0 Å². The van der Waals surface area contributed by atoms with Crippen LogP contribution in [0.25, 0.3) is 16.5 Å². The molecule has 0 aliphatic heterocycles.